The monoisotopic (exact) mass is 419 g/mol. The van der Waals surface area contributed by atoms with Crippen molar-refractivity contribution in [2.45, 2.75) is 31.9 Å². The number of nitrogens with zero attached hydrogens (tertiary/aromatic N) is 3. The highest BCUT2D eigenvalue weighted by atomic mass is 16.6. The third-order valence-corrected chi connectivity index (χ3v) is 5.74. The highest BCUT2D eigenvalue weighted by Gasteiger charge is 2.21. The van der Waals surface area contributed by atoms with Crippen LogP contribution in [0.1, 0.15) is 16.8 Å². The molecule has 2 aromatic heterocycles. The lowest BCUT2D eigenvalue weighted by molar-refractivity contribution is -0.102. The van der Waals surface area contributed by atoms with Crippen molar-refractivity contribution in [3.8, 4) is 17.1 Å². The van der Waals surface area contributed by atoms with E-state index in [9.17, 15) is 4.79 Å². The van der Waals surface area contributed by atoms with Gasteiger partial charge in [0, 0.05) is 30.1 Å². The molecule has 0 N–H and O–H groups in total. The Morgan fingerprint density at radius 3 is 2.94 bits per heavy atom. The van der Waals surface area contributed by atoms with Crippen molar-refractivity contribution < 1.29 is 14.2 Å². The van der Waals surface area contributed by atoms with Gasteiger partial charge in [-0.15, -0.1) is 0 Å². The van der Waals surface area contributed by atoms with Gasteiger partial charge in [-0.05, 0) is 42.5 Å². The first kappa shape index (κ1) is 19.9. The summed E-state index contributed by atoms with van der Waals surface area (Å²) in [5.74, 6) is 0.331. The van der Waals surface area contributed by atoms with Crippen LogP contribution in [0.5, 0.6) is 5.88 Å². The number of benzene rings is 1. The first-order valence-corrected chi connectivity index (χ1v) is 10.7. The molecule has 1 saturated heterocycles. The second-order valence-electron chi connectivity index (χ2n) is 7.86. The van der Waals surface area contributed by atoms with Crippen LogP contribution in [0.15, 0.2) is 53.5 Å². The Balaban J connectivity index is 1.34. The fourth-order valence-electron chi connectivity index (χ4n) is 4.12. The van der Waals surface area contributed by atoms with Crippen LogP contribution >= 0.6 is 0 Å². The minimum absolute atomic E-state index is 0.136. The van der Waals surface area contributed by atoms with Crippen LogP contribution in [-0.2, 0) is 35.3 Å². The second-order valence-corrected chi connectivity index (χ2v) is 7.86. The summed E-state index contributed by atoms with van der Waals surface area (Å²) in [6.07, 6.45) is 4.35. The lowest BCUT2D eigenvalue weighted by Crippen LogP contribution is -2.34. The maximum Gasteiger partial charge on any atom is 0.351 e. The van der Waals surface area contributed by atoms with E-state index in [-0.39, 0.29) is 11.8 Å². The minimum Gasteiger partial charge on any atom is -0.475 e. The van der Waals surface area contributed by atoms with Gasteiger partial charge in [-0.1, -0.05) is 24.3 Å². The van der Waals surface area contributed by atoms with Gasteiger partial charge in [-0.3, -0.25) is 9.55 Å². The van der Waals surface area contributed by atoms with Gasteiger partial charge in [-0.2, -0.15) is 4.98 Å². The van der Waals surface area contributed by atoms with E-state index in [0.717, 1.165) is 36.2 Å². The molecule has 0 aliphatic carbocycles. The summed E-state index contributed by atoms with van der Waals surface area (Å²) in [6.45, 7) is 2.60. The fourth-order valence-corrected chi connectivity index (χ4v) is 4.12. The van der Waals surface area contributed by atoms with Gasteiger partial charge < -0.3 is 14.2 Å². The number of hydrogen-bond donors (Lipinski definition) is 0. The van der Waals surface area contributed by atoms with Crippen LogP contribution in [0.2, 0.25) is 0 Å². The molecule has 1 aromatic carbocycles. The van der Waals surface area contributed by atoms with Crippen molar-refractivity contribution >= 4 is 0 Å². The van der Waals surface area contributed by atoms with Crippen LogP contribution in [0.3, 0.4) is 0 Å². The lowest BCUT2D eigenvalue weighted by Gasteiger charge is -2.24. The van der Waals surface area contributed by atoms with Crippen molar-refractivity contribution in [2.75, 3.05) is 26.4 Å². The Morgan fingerprint density at radius 2 is 2.10 bits per heavy atom. The summed E-state index contributed by atoms with van der Waals surface area (Å²) in [4.78, 5) is 21.1. The average Bonchev–Trinajstić information content (AvgIpc) is 2.82. The van der Waals surface area contributed by atoms with Gasteiger partial charge >= 0.3 is 5.69 Å². The van der Waals surface area contributed by atoms with E-state index in [1.165, 1.54) is 11.1 Å². The van der Waals surface area contributed by atoms with Gasteiger partial charge in [0.25, 0.3) is 0 Å². The molecule has 4 heterocycles. The van der Waals surface area contributed by atoms with E-state index in [0.29, 0.717) is 38.9 Å². The lowest BCUT2D eigenvalue weighted by atomic mass is 9.94. The van der Waals surface area contributed by atoms with Gasteiger partial charge in [0.15, 0.2) is 0 Å². The maximum absolute atomic E-state index is 12.6. The van der Waals surface area contributed by atoms with Crippen molar-refractivity contribution in [1.82, 2.24) is 14.5 Å². The quantitative estimate of drug-likeness (QED) is 0.611. The molecule has 7 nitrogen and oxygen atoms in total. The molecule has 0 radical (unpaired) electrons. The smallest absolute Gasteiger partial charge is 0.351 e. The average molecular weight is 419 g/mol. The van der Waals surface area contributed by atoms with Crippen LogP contribution in [-0.4, -0.2) is 47.1 Å². The number of fused-ring (bicyclic) bond motifs is 3. The Bertz CT molecular complexity index is 1110. The molecule has 0 bridgehead atoms. The summed E-state index contributed by atoms with van der Waals surface area (Å²) in [5, 5.41) is 0. The van der Waals surface area contributed by atoms with Crippen LogP contribution < -0.4 is 10.4 Å². The van der Waals surface area contributed by atoms with Crippen LogP contribution in [0.4, 0.5) is 0 Å². The van der Waals surface area contributed by atoms with E-state index in [2.05, 4.69) is 34.2 Å². The molecular weight excluding hydrogens is 394 g/mol. The van der Waals surface area contributed by atoms with E-state index in [4.69, 9.17) is 14.2 Å². The Labute approximate surface area is 180 Å². The van der Waals surface area contributed by atoms with Crippen LogP contribution in [0.25, 0.3) is 11.3 Å². The molecule has 1 unspecified atom stereocenters. The van der Waals surface area contributed by atoms with E-state index >= 15 is 0 Å². The Kier molecular flexibility index (Phi) is 5.78. The van der Waals surface area contributed by atoms with Crippen molar-refractivity contribution in [1.29, 1.82) is 0 Å². The molecule has 1 fully saturated rings. The number of aryl methyl sites for hydroxylation is 3. The van der Waals surface area contributed by atoms with Gasteiger partial charge in [0.05, 0.1) is 25.5 Å². The fraction of sp³-hybridized carbons (Fsp3) is 0.375. The molecule has 160 valence electrons. The van der Waals surface area contributed by atoms with Gasteiger partial charge in [0.1, 0.15) is 12.7 Å². The molecule has 3 aromatic rings. The number of pyridine rings is 1. The Hall–Kier alpha value is -3.03. The van der Waals surface area contributed by atoms with Crippen molar-refractivity contribution in [3.05, 3.63) is 76.0 Å². The Morgan fingerprint density at radius 1 is 1.13 bits per heavy atom. The molecule has 2 aliphatic heterocycles. The van der Waals surface area contributed by atoms with E-state index in [1.54, 1.807) is 4.57 Å². The highest BCUT2D eigenvalue weighted by molar-refractivity contribution is 5.67. The summed E-state index contributed by atoms with van der Waals surface area (Å²) < 4.78 is 18.5. The summed E-state index contributed by atoms with van der Waals surface area (Å²) in [7, 11) is 0. The highest BCUT2D eigenvalue weighted by Crippen LogP contribution is 2.30. The predicted molar refractivity (Wildman–Crippen MR) is 115 cm³/mol. The van der Waals surface area contributed by atoms with E-state index in [1.807, 2.05) is 24.4 Å². The van der Waals surface area contributed by atoms with Gasteiger partial charge in [0.2, 0.25) is 5.88 Å². The zero-order valence-electron chi connectivity index (χ0n) is 17.3. The molecule has 2 aliphatic rings. The molecular formula is C24H25N3O4. The largest absolute Gasteiger partial charge is 0.475 e. The van der Waals surface area contributed by atoms with Crippen LogP contribution in [0, 0.1) is 0 Å². The zero-order chi connectivity index (χ0) is 21.0. The summed E-state index contributed by atoms with van der Waals surface area (Å²) >= 11 is 0. The summed E-state index contributed by atoms with van der Waals surface area (Å²) in [5.41, 5.74) is 5.26. The summed E-state index contributed by atoms with van der Waals surface area (Å²) in [6, 6.07) is 14.4. The van der Waals surface area contributed by atoms with E-state index < -0.39 is 0 Å². The third kappa shape index (κ3) is 4.52. The minimum atomic E-state index is -0.279. The number of rotatable bonds is 6. The molecule has 5 rings (SSSR count). The second kappa shape index (κ2) is 8.99. The zero-order valence-corrected chi connectivity index (χ0v) is 17.3. The van der Waals surface area contributed by atoms with Gasteiger partial charge in [-0.25, -0.2) is 4.79 Å². The molecule has 31 heavy (non-hydrogen) atoms. The van der Waals surface area contributed by atoms with Crippen molar-refractivity contribution in [2.24, 2.45) is 0 Å². The maximum atomic E-state index is 12.6. The molecule has 0 spiro atoms. The standard InChI is InChI=1S/C24H25N3O4/c28-24-26-23(31-16-20-15-29-11-12-30-20)14-22-21-7-5-17(13-18(21)8-10-27(22)24)4-6-19-3-1-2-9-25-19/h1-3,5,7,9,13-14,20H,4,6,8,10-12,15-16H2. The SMILES string of the molecule is O=c1nc(OCC2COCCO2)cc2n1CCc1cc(CCc3ccccn3)ccc1-2. The number of aromatic nitrogens is 3. The number of hydrogen-bond acceptors (Lipinski definition) is 6. The first-order valence-electron chi connectivity index (χ1n) is 10.7. The normalized spacial score (nSPS) is 17.6. The number of ether oxygens (including phenoxy) is 3. The third-order valence-electron chi connectivity index (χ3n) is 5.74. The molecule has 0 amide bonds. The van der Waals surface area contributed by atoms with Crippen molar-refractivity contribution in [3.63, 3.8) is 0 Å². The predicted octanol–water partition coefficient (Wildman–Crippen LogP) is 2.44. The first-order chi connectivity index (χ1) is 15.3. The topological polar surface area (TPSA) is 75.5 Å². The molecule has 0 saturated carbocycles. The molecule has 1 atom stereocenters. The molecule has 7 heteroatoms.